The fourth-order valence-electron chi connectivity index (χ4n) is 2.62. The van der Waals surface area contributed by atoms with Crippen LogP contribution in [0.1, 0.15) is 31.9 Å². The summed E-state index contributed by atoms with van der Waals surface area (Å²) in [4.78, 5) is 17.1. The van der Waals surface area contributed by atoms with Crippen LogP contribution in [0.4, 0.5) is 26.7 Å². The molecule has 0 aliphatic rings. The number of amides is 1. The SMILES string of the molecule is CC(C)(C)OC(=O)NCCN(Cc1ccc(Cl)nc1)Cc1c(F)c(F)c(F)c(F)c1F. The third-order valence-corrected chi connectivity index (χ3v) is 4.20. The Morgan fingerprint density at radius 2 is 1.61 bits per heavy atom. The molecule has 0 saturated heterocycles. The number of alkyl carbamates (subject to hydrolysis) is 1. The van der Waals surface area contributed by atoms with E-state index >= 15 is 0 Å². The summed E-state index contributed by atoms with van der Waals surface area (Å²) in [6.07, 6.45) is 0.701. The average molecular weight is 466 g/mol. The first-order chi connectivity index (χ1) is 14.4. The maximum absolute atomic E-state index is 14.1. The third-order valence-electron chi connectivity index (χ3n) is 3.97. The van der Waals surface area contributed by atoms with Crippen LogP contribution in [0.15, 0.2) is 18.3 Å². The molecule has 2 aromatic rings. The summed E-state index contributed by atoms with van der Waals surface area (Å²) in [6.45, 7) is 4.47. The van der Waals surface area contributed by atoms with Gasteiger partial charge in [-0.05, 0) is 32.4 Å². The zero-order valence-corrected chi connectivity index (χ0v) is 17.8. The number of rotatable bonds is 7. The molecule has 1 amide bonds. The highest BCUT2D eigenvalue weighted by atomic mass is 35.5. The van der Waals surface area contributed by atoms with Gasteiger partial charge in [0.1, 0.15) is 10.8 Å². The van der Waals surface area contributed by atoms with Crippen LogP contribution < -0.4 is 5.32 Å². The summed E-state index contributed by atoms with van der Waals surface area (Å²) in [5, 5.41) is 2.70. The van der Waals surface area contributed by atoms with Gasteiger partial charge in [-0.15, -0.1) is 0 Å². The molecule has 0 saturated carbocycles. The Kier molecular flexibility index (Phi) is 8.19. The number of carbonyl (C=O) groups is 1. The van der Waals surface area contributed by atoms with Crippen molar-refractivity contribution in [2.24, 2.45) is 0 Å². The van der Waals surface area contributed by atoms with Gasteiger partial charge in [-0.2, -0.15) is 0 Å². The molecule has 31 heavy (non-hydrogen) atoms. The van der Waals surface area contributed by atoms with Gasteiger partial charge in [0, 0.05) is 37.9 Å². The Labute approximate surface area is 181 Å². The predicted octanol–water partition coefficient (Wildman–Crippen LogP) is 4.96. The first-order valence-electron chi connectivity index (χ1n) is 9.19. The van der Waals surface area contributed by atoms with Gasteiger partial charge in [-0.25, -0.2) is 31.7 Å². The Balaban J connectivity index is 2.20. The molecule has 0 atom stereocenters. The molecule has 0 radical (unpaired) electrons. The molecule has 5 nitrogen and oxygen atoms in total. The van der Waals surface area contributed by atoms with E-state index in [1.165, 1.54) is 17.2 Å². The van der Waals surface area contributed by atoms with Gasteiger partial charge < -0.3 is 10.1 Å². The van der Waals surface area contributed by atoms with Crippen LogP contribution in [0.3, 0.4) is 0 Å². The molecular weight excluding hydrogens is 445 g/mol. The lowest BCUT2D eigenvalue weighted by Gasteiger charge is -2.24. The Morgan fingerprint density at radius 3 is 2.13 bits per heavy atom. The van der Waals surface area contributed by atoms with Crippen molar-refractivity contribution < 1.29 is 31.5 Å². The van der Waals surface area contributed by atoms with Gasteiger partial charge >= 0.3 is 6.09 Å². The van der Waals surface area contributed by atoms with Gasteiger partial charge in [0.2, 0.25) is 5.82 Å². The van der Waals surface area contributed by atoms with E-state index in [1.807, 2.05) is 0 Å². The zero-order valence-electron chi connectivity index (χ0n) is 17.0. The Hall–Kier alpha value is -2.46. The second-order valence-electron chi connectivity index (χ2n) is 7.68. The van der Waals surface area contributed by atoms with Gasteiger partial charge in [0.05, 0.1) is 0 Å². The number of halogens is 6. The summed E-state index contributed by atoms with van der Waals surface area (Å²) in [6, 6.07) is 3.09. The first-order valence-corrected chi connectivity index (χ1v) is 9.56. The lowest BCUT2D eigenvalue weighted by molar-refractivity contribution is 0.0520. The number of ether oxygens (including phenoxy) is 1. The van der Waals surface area contributed by atoms with E-state index in [4.69, 9.17) is 16.3 Å². The summed E-state index contributed by atoms with van der Waals surface area (Å²) < 4.78 is 73.8. The van der Waals surface area contributed by atoms with Crippen molar-refractivity contribution >= 4 is 17.7 Å². The number of nitrogens with one attached hydrogen (secondary N) is 1. The van der Waals surface area contributed by atoms with Crippen molar-refractivity contribution in [1.82, 2.24) is 15.2 Å². The lowest BCUT2D eigenvalue weighted by Crippen LogP contribution is -2.38. The van der Waals surface area contributed by atoms with E-state index in [0.29, 0.717) is 5.56 Å². The highest BCUT2D eigenvalue weighted by molar-refractivity contribution is 6.29. The van der Waals surface area contributed by atoms with Crippen LogP contribution in [-0.2, 0) is 17.8 Å². The Bertz CT molecular complexity index is 907. The molecule has 0 spiro atoms. The highest BCUT2D eigenvalue weighted by Crippen LogP contribution is 2.24. The van der Waals surface area contributed by atoms with Gasteiger partial charge in [-0.1, -0.05) is 17.7 Å². The Morgan fingerprint density at radius 1 is 1.03 bits per heavy atom. The predicted molar refractivity (Wildman–Crippen MR) is 104 cm³/mol. The maximum Gasteiger partial charge on any atom is 0.407 e. The highest BCUT2D eigenvalue weighted by Gasteiger charge is 2.27. The molecule has 1 aromatic heterocycles. The summed E-state index contributed by atoms with van der Waals surface area (Å²) in [5.41, 5.74) is -1.13. The van der Waals surface area contributed by atoms with E-state index in [1.54, 1.807) is 26.8 Å². The minimum atomic E-state index is -2.22. The molecule has 0 fully saturated rings. The average Bonchev–Trinajstić information content (AvgIpc) is 2.68. The third kappa shape index (κ3) is 7.03. The molecule has 0 unspecified atom stereocenters. The van der Waals surface area contributed by atoms with Crippen molar-refractivity contribution in [3.05, 3.63) is 63.7 Å². The monoisotopic (exact) mass is 465 g/mol. The van der Waals surface area contributed by atoms with Gasteiger partial charge in [0.15, 0.2) is 23.3 Å². The van der Waals surface area contributed by atoms with E-state index in [0.717, 1.165) is 0 Å². The molecule has 1 N–H and O–H groups in total. The first kappa shape index (κ1) is 24.8. The topological polar surface area (TPSA) is 54.5 Å². The van der Waals surface area contributed by atoms with E-state index in [2.05, 4.69) is 10.3 Å². The molecule has 2 rings (SSSR count). The maximum atomic E-state index is 14.1. The van der Waals surface area contributed by atoms with Crippen LogP contribution >= 0.6 is 11.6 Å². The quantitative estimate of drug-likeness (QED) is 0.272. The number of pyridine rings is 1. The smallest absolute Gasteiger partial charge is 0.407 e. The molecule has 0 aliphatic carbocycles. The summed E-state index contributed by atoms with van der Waals surface area (Å²) in [5.74, 6) is -10.1. The zero-order chi connectivity index (χ0) is 23.3. The standard InChI is InChI=1S/C20H21ClF5N3O2/c1-20(2,3)31-19(30)27-6-7-29(9-11-4-5-13(21)28-8-11)10-12-14(22)16(24)18(26)17(25)15(12)23/h4-5,8H,6-7,9-10H2,1-3H3,(H,27,30). The molecule has 0 bridgehead atoms. The fourth-order valence-corrected chi connectivity index (χ4v) is 2.73. The molecule has 170 valence electrons. The number of nitrogens with zero attached hydrogens (tertiary/aromatic N) is 2. The summed E-state index contributed by atoms with van der Waals surface area (Å²) in [7, 11) is 0. The number of hydrogen-bond acceptors (Lipinski definition) is 4. The normalized spacial score (nSPS) is 11.7. The second-order valence-corrected chi connectivity index (χ2v) is 8.06. The van der Waals surface area contributed by atoms with E-state index in [-0.39, 0.29) is 24.8 Å². The molecule has 0 aliphatic heterocycles. The number of benzene rings is 1. The molecular formula is C20H21ClF5N3O2. The van der Waals surface area contributed by atoms with Crippen molar-refractivity contribution in [2.45, 2.75) is 39.5 Å². The lowest BCUT2D eigenvalue weighted by atomic mass is 10.1. The van der Waals surface area contributed by atoms with Crippen molar-refractivity contribution in [3.63, 3.8) is 0 Å². The van der Waals surface area contributed by atoms with E-state index in [9.17, 15) is 26.7 Å². The van der Waals surface area contributed by atoms with Crippen molar-refractivity contribution in [3.8, 4) is 0 Å². The fraction of sp³-hybridized carbons (Fsp3) is 0.400. The van der Waals surface area contributed by atoms with Crippen LogP contribution in [0, 0.1) is 29.1 Å². The molecule has 1 aromatic carbocycles. The number of aromatic nitrogens is 1. The second kappa shape index (κ2) is 10.2. The summed E-state index contributed by atoms with van der Waals surface area (Å²) >= 11 is 5.74. The van der Waals surface area contributed by atoms with E-state index < -0.39 is 52.9 Å². The number of carbonyl (C=O) groups excluding carboxylic acids is 1. The van der Waals surface area contributed by atoms with Crippen molar-refractivity contribution in [1.29, 1.82) is 0 Å². The van der Waals surface area contributed by atoms with Crippen LogP contribution in [-0.4, -0.2) is 34.7 Å². The molecule has 11 heteroatoms. The number of hydrogen-bond donors (Lipinski definition) is 1. The van der Waals surface area contributed by atoms with Gasteiger partial charge in [-0.3, -0.25) is 4.90 Å². The van der Waals surface area contributed by atoms with Crippen molar-refractivity contribution in [2.75, 3.05) is 13.1 Å². The van der Waals surface area contributed by atoms with Gasteiger partial charge in [0.25, 0.3) is 0 Å². The molecule has 1 heterocycles. The minimum absolute atomic E-state index is 0.00860. The van der Waals surface area contributed by atoms with Crippen LogP contribution in [0.2, 0.25) is 5.15 Å². The largest absolute Gasteiger partial charge is 0.444 e. The minimum Gasteiger partial charge on any atom is -0.444 e. The van der Waals surface area contributed by atoms with Crippen LogP contribution in [0.25, 0.3) is 0 Å². The van der Waals surface area contributed by atoms with Crippen LogP contribution in [0.5, 0.6) is 0 Å².